The van der Waals surface area contributed by atoms with Crippen molar-refractivity contribution in [2.45, 2.75) is 25.4 Å². The SMILES string of the molecule is O=c1n(Cc2ccc(F)c(F)c2)ccn1C1CC1. The van der Waals surface area contributed by atoms with Gasteiger partial charge in [-0.05, 0) is 30.5 Å². The molecule has 1 aromatic carbocycles. The number of aromatic nitrogens is 2. The number of rotatable bonds is 3. The van der Waals surface area contributed by atoms with Gasteiger partial charge in [-0.3, -0.25) is 9.13 Å². The molecule has 1 saturated carbocycles. The fourth-order valence-electron chi connectivity index (χ4n) is 2.01. The molecule has 3 nitrogen and oxygen atoms in total. The highest BCUT2D eigenvalue weighted by Crippen LogP contribution is 2.33. The molecule has 1 fully saturated rings. The first-order chi connectivity index (χ1) is 8.65. The fraction of sp³-hybridized carbons (Fsp3) is 0.308. The van der Waals surface area contributed by atoms with E-state index in [9.17, 15) is 13.6 Å². The highest BCUT2D eigenvalue weighted by Gasteiger charge is 2.25. The zero-order chi connectivity index (χ0) is 12.7. The Balaban J connectivity index is 1.87. The first-order valence-electron chi connectivity index (χ1n) is 5.86. The van der Waals surface area contributed by atoms with Gasteiger partial charge in [0.1, 0.15) is 0 Å². The molecule has 3 rings (SSSR count). The summed E-state index contributed by atoms with van der Waals surface area (Å²) in [6.07, 6.45) is 5.51. The van der Waals surface area contributed by atoms with Crippen molar-refractivity contribution in [2.24, 2.45) is 0 Å². The highest BCUT2D eigenvalue weighted by atomic mass is 19.2. The van der Waals surface area contributed by atoms with Gasteiger partial charge < -0.3 is 0 Å². The largest absolute Gasteiger partial charge is 0.328 e. The lowest BCUT2D eigenvalue weighted by molar-refractivity contribution is 0.506. The van der Waals surface area contributed by atoms with E-state index in [1.54, 1.807) is 17.0 Å². The smallest absolute Gasteiger partial charge is 0.296 e. The molecule has 1 aromatic heterocycles. The van der Waals surface area contributed by atoms with Crippen molar-refractivity contribution >= 4 is 0 Å². The molecule has 0 bridgehead atoms. The first kappa shape index (κ1) is 11.2. The van der Waals surface area contributed by atoms with Crippen LogP contribution in [0.1, 0.15) is 24.4 Å². The molecule has 0 atom stereocenters. The van der Waals surface area contributed by atoms with Gasteiger partial charge in [0.15, 0.2) is 11.6 Å². The second kappa shape index (κ2) is 4.08. The Morgan fingerprint density at radius 1 is 1.17 bits per heavy atom. The number of halogens is 2. The molecule has 18 heavy (non-hydrogen) atoms. The Kier molecular flexibility index (Phi) is 2.54. The van der Waals surface area contributed by atoms with Crippen LogP contribution in [-0.4, -0.2) is 9.13 Å². The lowest BCUT2D eigenvalue weighted by Gasteiger charge is -2.03. The molecule has 1 heterocycles. The van der Waals surface area contributed by atoms with Gasteiger partial charge in [-0.1, -0.05) is 6.07 Å². The lowest BCUT2D eigenvalue weighted by atomic mass is 10.2. The molecule has 0 spiro atoms. The molecular weight excluding hydrogens is 238 g/mol. The van der Waals surface area contributed by atoms with Crippen molar-refractivity contribution in [2.75, 3.05) is 0 Å². The van der Waals surface area contributed by atoms with Crippen LogP contribution in [0.15, 0.2) is 35.4 Å². The fourth-order valence-corrected chi connectivity index (χ4v) is 2.01. The maximum absolute atomic E-state index is 13.1. The summed E-state index contributed by atoms with van der Waals surface area (Å²) < 4.78 is 29.0. The molecular formula is C13H12F2N2O. The summed E-state index contributed by atoms with van der Waals surface area (Å²) in [4.78, 5) is 12.0. The summed E-state index contributed by atoms with van der Waals surface area (Å²) in [6, 6.07) is 4.01. The molecule has 0 unspecified atom stereocenters. The van der Waals surface area contributed by atoms with Gasteiger partial charge in [0, 0.05) is 18.4 Å². The van der Waals surface area contributed by atoms with E-state index < -0.39 is 11.6 Å². The van der Waals surface area contributed by atoms with Crippen LogP contribution in [0.25, 0.3) is 0 Å². The third-order valence-electron chi connectivity index (χ3n) is 3.15. The zero-order valence-electron chi connectivity index (χ0n) is 9.64. The van der Waals surface area contributed by atoms with Gasteiger partial charge in [-0.25, -0.2) is 13.6 Å². The normalized spacial score (nSPS) is 15.0. The highest BCUT2D eigenvalue weighted by molar-refractivity contribution is 5.18. The van der Waals surface area contributed by atoms with Crippen molar-refractivity contribution in [3.8, 4) is 0 Å². The van der Waals surface area contributed by atoms with E-state index in [0.29, 0.717) is 11.6 Å². The van der Waals surface area contributed by atoms with E-state index in [1.165, 1.54) is 10.6 Å². The maximum atomic E-state index is 13.1. The van der Waals surface area contributed by atoms with Gasteiger partial charge in [0.25, 0.3) is 0 Å². The van der Waals surface area contributed by atoms with Crippen LogP contribution in [0.4, 0.5) is 8.78 Å². The van der Waals surface area contributed by atoms with Crippen molar-refractivity contribution in [1.82, 2.24) is 9.13 Å². The van der Waals surface area contributed by atoms with Crippen molar-refractivity contribution in [3.05, 3.63) is 58.3 Å². The molecule has 2 aromatic rings. The van der Waals surface area contributed by atoms with Crippen LogP contribution in [0, 0.1) is 11.6 Å². The van der Waals surface area contributed by atoms with Gasteiger partial charge in [-0.15, -0.1) is 0 Å². The van der Waals surface area contributed by atoms with Crippen molar-refractivity contribution in [3.63, 3.8) is 0 Å². The first-order valence-corrected chi connectivity index (χ1v) is 5.86. The Morgan fingerprint density at radius 3 is 2.61 bits per heavy atom. The van der Waals surface area contributed by atoms with E-state index in [2.05, 4.69) is 0 Å². The molecule has 0 amide bonds. The van der Waals surface area contributed by atoms with Gasteiger partial charge in [-0.2, -0.15) is 0 Å². The Hall–Kier alpha value is -1.91. The summed E-state index contributed by atoms with van der Waals surface area (Å²) in [7, 11) is 0. The molecule has 0 N–H and O–H groups in total. The van der Waals surface area contributed by atoms with Crippen LogP contribution in [0.3, 0.4) is 0 Å². The summed E-state index contributed by atoms with van der Waals surface area (Å²) in [6.45, 7) is 0.260. The third-order valence-corrected chi connectivity index (χ3v) is 3.15. The number of benzene rings is 1. The molecule has 0 saturated heterocycles. The topological polar surface area (TPSA) is 26.9 Å². The van der Waals surface area contributed by atoms with Crippen molar-refractivity contribution < 1.29 is 8.78 Å². The van der Waals surface area contributed by atoms with Gasteiger partial charge >= 0.3 is 5.69 Å². The van der Waals surface area contributed by atoms with Gasteiger partial charge in [0.05, 0.1) is 6.54 Å². The number of imidazole rings is 1. The monoisotopic (exact) mass is 250 g/mol. The van der Waals surface area contributed by atoms with Crippen LogP contribution in [-0.2, 0) is 6.54 Å². The molecule has 94 valence electrons. The zero-order valence-corrected chi connectivity index (χ0v) is 9.64. The standard InChI is InChI=1S/C13H12F2N2O/c14-11-4-1-9(7-12(11)15)8-16-5-6-17(13(16)18)10-2-3-10/h1,4-7,10H,2-3,8H2. The predicted octanol–water partition coefficient (Wildman–Crippen LogP) is 2.31. The minimum absolute atomic E-state index is 0.0952. The van der Waals surface area contributed by atoms with Crippen LogP contribution in [0.2, 0.25) is 0 Å². The Bertz CT molecular complexity index is 641. The Morgan fingerprint density at radius 2 is 1.94 bits per heavy atom. The van der Waals surface area contributed by atoms with Crippen LogP contribution in [0.5, 0.6) is 0 Å². The quantitative estimate of drug-likeness (QED) is 0.821. The summed E-state index contributed by atoms with van der Waals surface area (Å²) in [5.41, 5.74) is 0.479. The average Bonchev–Trinajstić information content (AvgIpc) is 3.12. The number of hydrogen-bond donors (Lipinski definition) is 0. The average molecular weight is 250 g/mol. The van der Waals surface area contributed by atoms with E-state index in [4.69, 9.17) is 0 Å². The predicted molar refractivity (Wildman–Crippen MR) is 62.4 cm³/mol. The van der Waals surface area contributed by atoms with Crippen LogP contribution >= 0.6 is 0 Å². The lowest BCUT2D eigenvalue weighted by Crippen LogP contribution is -2.23. The summed E-state index contributed by atoms with van der Waals surface area (Å²) in [5.74, 6) is -1.76. The van der Waals surface area contributed by atoms with E-state index >= 15 is 0 Å². The molecule has 0 aliphatic heterocycles. The van der Waals surface area contributed by atoms with Gasteiger partial charge in [0.2, 0.25) is 0 Å². The number of hydrogen-bond acceptors (Lipinski definition) is 1. The minimum Gasteiger partial charge on any atom is -0.296 e. The number of nitrogens with zero attached hydrogens (tertiary/aromatic N) is 2. The van der Waals surface area contributed by atoms with Crippen molar-refractivity contribution in [1.29, 1.82) is 0 Å². The molecule has 1 aliphatic rings. The van der Waals surface area contributed by atoms with Crippen LogP contribution < -0.4 is 5.69 Å². The third kappa shape index (κ3) is 1.96. The molecule has 5 heteroatoms. The molecule has 1 aliphatic carbocycles. The summed E-state index contributed by atoms with van der Waals surface area (Å²) >= 11 is 0. The second-order valence-corrected chi connectivity index (χ2v) is 4.60. The van der Waals surface area contributed by atoms with E-state index in [1.807, 2.05) is 0 Å². The summed E-state index contributed by atoms with van der Waals surface area (Å²) in [5, 5.41) is 0. The second-order valence-electron chi connectivity index (χ2n) is 4.60. The minimum atomic E-state index is -0.887. The maximum Gasteiger partial charge on any atom is 0.328 e. The Labute approximate surface area is 102 Å². The van der Waals surface area contributed by atoms with E-state index in [-0.39, 0.29) is 12.2 Å². The van der Waals surface area contributed by atoms with E-state index in [0.717, 1.165) is 25.0 Å². The molecule has 0 radical (unpaired) electrons.